The number of likely N-dealkylation sites (N-methyl/N-ethyl adjacent to an activating group) is 1. The number of carbonyl (C=O) groups excluding carboxylic acids is 1. The molecule has 3 aromatic carbocycles. The Morgan fingerprint density at radius 1 is 1.06 bits per heavy atom. The van der Waals surface area contributed by atoms with Gasteiger partial charge in [-0.15, -0.1) is 0 Å². The number of benzene rings is 3. The molecule has 2 atom stereocenters. The minimum absolute atomic E-state index is 0.0529. The van der Waals surface area contributed by atoms with Crippen LogP contribution in [-0.4, -0.2) is 38.5 Å². The van der Waals surface area contributed by atoms with Gasteiger partial charge in [0.05, 0.1) is 24.0 Å². The van der Waals surface area contributed by atoms with E-state index in [1.54, 1.807) is 12.1 Å². The number of nitrogens with one attached hydrogen (secondary N) is 2. The molecule has 0 saturated carbocycles. The highest BCUT2D eigenvalue weighted by atomic mass is 16.3. The zero-order valence-corrected chi connectivity index (χ0v) is 19.8. The number of carbonyl (C=O) groups is 1. The Morgan fingerprint density at radius 3 is 2.51 bits per heavy atom. The number of aromatic amines is 1. The Balaban J connectivity index is 1.47. The van der Waals surface area contributed by atoms with Gasteiger partial charge in [0.25, 0.3) is 0 Å². The number of hydrogen-bond acceptors (Lipinski definition) is 4. The quantitative estimate of drug-likeness (QED) is 0.371. The minimum Gasteiger partial charge on any atom is -0.508 e. The molecule has 178 valence electrons. The molecule has 1 aromatic heterocycles. The van der Waals surface area contributed by atoms with Crippen molar-refractivity contribution in [2.45, 2.75) is 38.4 Å². The predicted molar refractivity (Wildman–Crippen MR) is 137 cm³/mol. The van der Waals surface area contributed by atoms with Crippen molar-refractivity contribution in [1.82, 2.24) is 20.2 Å². The van der Waals surface area contributed by atoms with E-state index in [1.165, 1.54) is 11.1 Å². The van der Waals surface area contributed by atoms with Crippen molar-refractivity contribution < 1.29 is 9.90 Å². The highest BCUT2D eigenvalue weighted by Gasteiger charge is 2.35. The standard InChI is InChI=1S/C29H30N4O2/c1-2-30-25(16-20-12-14-24(34)15-13-20)29(35)33-19-23-11-7-6-10-22(23)17-27(33)28-31-18-26(32-28)21-8-4-3-5-9-21/h3-15,18,25,27,30,34H,2,16-17,19H2,1H3,(H,31,32)/t25-,27-/m0/s1. The van der Waals surface area contributed by atoms with Gasteiger partial charge in [-0.25, -0.2) is 4.98 Å². The van der Waals surface area contributed by atoms with Crippen LogP contribution in [0.15, 0.2) is 85.1 Å². The van der Waals surface area contributed by atoms with Crippen molar-refractivity contribution in [1.29, 1.82) is 0 Å². The lowest BCUT2D eigenvalue weighted by Gasteiger charge is -2.38. The van der Waals surface area contributed by atoms with Crippen LogP contribution < -0.4 is 5.32 Å². The van der Waals surface area contributed by atoms with Crippen molar-refractivity contribution >= 4 is 5.91 Å². The molecule has 1 amide bonds. The van der Waals surface area contributed by atoms with Crippen LogP contribution in [0.2, 0.25) is 0 Å². The van der Waals surface area contributed by atoms with Crippen molar-refractivity contribution in [3.63, 3.8) is 0 Å². The molecule has 0 spiro atoms. The van der Waals surface area contributed by atoms with Gasteiger partial charge in [0, 0.05) is 13.0 Å². The number of fused-ring (bicyclic) bond motifs is 1. The van der Waals surface area contributed by atoms with Crippen LogP contribution in [-0.2, 0) is 24.2 Å². The van der Waals surface area contributed by atoms with E-state index in [9.17, 15) is 9.90 Å². The van der Waals surface area contributed by atoms with E-state index in [1.807, 2.05) is 54.4 Å². The van der Waals surface area contributed by atoms with Gasteiger partial charge in [-0.3, -0.25) is 4.79 Å². The first kappa shape index (κ1) is 22.9. The monoisotopic (exact) mass is 466 g/mol. The van der Waals surface area contributed by atoms with Crippen molar-refractivity contribution in [3.8, 4) is 17.0 Å². The van der Waals surface area contributed by atoms with Crippen LogP contribution in [0.3, 0.4) is 0 Å². The fourth-order valence-electron chi connectivity index (χ4n) is 4.83. The first-order valence-electron chi connectivity index (χ1n) is 12.1. The van der Waals surface area contributed by atoms with Gasteiger partial charge >= 0.3 is 0 Å². The van der Waals surface area contributed by atoms with Crippen molar-refractivity contribution in [2.24, 2.45) is 0 Å². The fraction of sp³-hybridized carbons (Fsp3) is 0.241. The second-order valence-electron chi connectivity index (χ2n) is 8.98. The molecule has 0 bridgehead atoms. The van der Waals surface area contributed by atoms with Gasteiger partial charge < -0.3 is 20.3 Å². The summed E-state index contributed by atoms with van der Waals surface area (Å²) in [7, 11) is 0. The topological polar surface area (TPSA) is 81.2 Å². The minimum atomic E-state index is -0.374. The number of rotatable bonds is 7. The smallest absolute Gasteiger partial charge is 0.240 e. The van der Waals surface area contributed by atoms with Crippen LogP contribution in [0.4, 0.5) is 0 Å². The van der Waals surface area contributed by atoms with E-state index in [-0.39, 0.29) is 23.7 Å². The number of phenols is 1. The molecule has 2 heterocycles. The summed E-state index contributed by atoms with van der Waals surface area (Å²) in [5, 5.41) is 13.0. The zero-order valence-electron chi connectivity index (χ0n) is 19.8. The maximum absolute atomic E-state index is 14.0. The predicted octanol–water partition coefficient (Wildman–Crippen LogP) is 4.63. The molecule has 35 heavy (non-hydrogen) atoms. The van der Waals surface area contributed by atoms with E-state index >= 15 is 0 Å². The number of aromatic nitrogens is 2. The van der Waals surface area contributed by atoms with Gasteiger partial charge in [0.15, 0.2) is 0 Å². The third kappa shape index (κ3) is 4.98. The number of phenolic OH excluding ortho intramolecular Hbond substituents is 1. The molecule has 1 aliphatic rings. The van der Waals surface area contributed by atoms with Gasteiger partial charge in [0.2, 0.25) is 5.91 Å². The van der Waals surface area contributed by atoms with Crippen LogP contribution in [0.25, 0.3) is 11.3 Å². The van der Waals surface area contributed by atoms with Gasteiger partial charge in [-0.05, 0) is 47.4 Å². The molecular formula is C29H30N4O2. The Bertz CT molecular complexity index is 1280. The van der Waals surface area contributed by atoms with Crippen molar-refractivity contribution in [3.05, 3.63) is 108 Å². The molecule has 0 unspecified atom stereocenters. The second-order valence-corrected chi connectivity index (χ2v) is 8.98. The molecule has 6 heteroatoms. The van der Waals surface area contributed by atoms with E-state index in [2.05, 4.69) is 40.6 Å². The summed E-state index contributed by atoms with van der Waals surface area (Å²) in [4.78, 5) is 24.2. The molecule has 0 fully saturated rings. The largest absolute Gasteiger partial charge is 0.508 e. The molecule has 3 N–H and O–H groups in total. The summed E-state index contributed by atoms with van der Waals surface area (Å²) < 4.78 is 0. The number of hydrogen-bond donors (Lipinski definition) is 3. The molecular weight excluding hydrogens is 436 g/mol. The number of nitrogens with zero attached hydrogens (tertiary/aromatic N) is 2. The summed E-state index contributed by atoms with van der Waals surface area (Å²) in [5.41, 5.74) is 5.43. The molecule has 0 aliphatic carbocycles. The SMILES string of the molecule is CCN[C@@H](Cc1ccc(O)cc1)C(=O)N1Cc2ccccc2C[C@H]1c1ncc(-c2ccccc2)[nH]1. The van der Waals surface area contributed by atoms with Gasteiger partial charge in [0.1, 0.15) is 11.6 Å². The van der Waals surface area contributed by atoms with Crippen LogP contribution in [0.5, 0.6) is 5.75 Å². The summed E-state index contributed by atoms with van der Waals surface area (Å²) >= 11 is 0. The summed E-state index contributed by atoms with van der Waals surface area (Å²) in [6.07, 6.45) is 3.11. The van der Waals surface area contributed by atoms with E-state index < -0.39 is 0 Å². The third-order valence-electron chi connectivity index (χ3n) is 6.65. The third-order valence-corrected chi connectivity index (χ3v) is 6.65. The summed E-state index contributed by atoms with van der Waals surface area (Å²) in [5.74, 6) is 1.07. The van der Waals surface area contributed by atoms with Crippen LogP contribution in [0, 0.1) is 0 Å². The summed E-state index contributed by atoms with van der Waals surface area (Å²) in [6, 6.07) is 24.9. The van der Waals surface area contributed by atoms with Crippen LogP contribution >= 0.6 is 0 Å². The van der Waals surface area contributed by atoms with Gasteiger partial charge in [-0.2, -0.15) is 0 Å². The average molecular weight is 467 g/mol. The van der Waals surface area contributed by atoms with Gasteiger partial charge in [-0.1, -0.05) is 73.7 Å². The highest BCUT2D eigenvalue weighted by molar-refractivity contribution is 5.83. The molecule has 5 rings (SSSR count). The highest BCUT2D eigenvalue weighted by Crippen LogP contribution is 2.33. The lowest BCUT2D eigenvalue weighted by Crippen LogP contribution is -2.50. The van der Waals surface area contributed by atoms with E-state index in [0.717, 1.165) is 22.6 Å². The Hall–Kier alpha value is -3.90. The Morgan fingerprint density at radius 2 is 1.77 bits per heavy atom. The number of imidazole rings is 1. The van der Waals surface area contributed by atoms with E-state index in [4.69, 9.17) is 4.98 Å². The molecule has 1 aliphatic heterocycles. The first-order chi connectivity index (χ1) is 17.1. The molecule has 6 nitrogen and oxygen atoms in total. The number of H-pyrrole nitrogens is 1. The maximum Gasteiger partial charge on any atom is 0.240 e. The van der Waals surface area contributed by atoms with Crippen molar-refractivity contribution in [2.75, 3.05) is 6.54 Å². The molecule has 0 radical (unpaired) electrons. The molecule has 4 aromatic rings. The first-order valence-corrected chi connectivity index (χ1v) is 12.1. The Labute approximate surface area is 205 Å². The maximum atomic E-state index is 14.0. The Kier molecular flexibility index (Phi) is 6.64. The zero-order chi connectivity index (χ0) is 24.2. The number of amides is 1. The van der Waals surface area contributed by atoms with Crippen LogP contribution in [0.1, 0.15) is 35.5 Å². The summed E-state index contributed by atoms with van der Waals surface area (Å²) in [6.45, 7) is 3.24. The second kappa shape index (κ2) is 10.2. The number of aromatic hydroxyl groups is 1. The van der Waals surface area contributed by atoms with E-state index in [0.29, 0.717) is 25.9 Å². The normalized spacial score (nSPS) is 16.0. The fourth-order valence-corrected chi connectivity index (χ4v) is 4.83. The lowest BCUT2D eigenvalue weighted by atomic mass is 9.92. The molecule has 0 saturated heterocycles. The lowest BCUT2D eigenvalue weighted by molar-refractivity contribution is -0.137. The average Bonchev–Trinajstić information content (AvgIpc) is 3.39.